The third-order valence-electron chi connectivity index (χ3n) is 5.19. The van der Waals surface area contributed by atoms with Crippen molar-refractivity contribution in [2.24, 2.45) is 0 Å². The molecular formula is C21H21N9O3. The minimum Gasteiger partial charge on any atom is -0.381 e. The number of rotatable bonds is 6. The molecule has 5 heterocycles. The molecule has 1 aliphatic heterocycles. The van der Waals surface area contributed by atoms with Gasteiger partial charge in [0.25, 0.3) is 5.89 Å². The van der Waals surface area contributed by atoms with E-state index in [4.69, 9.17) is 15.0 Å². The first-order valence-corrected chi connectivity index (χ1v) is 10.4. The number of nitrogens with one attached hydrogen (secondary N) is 1. The summed E-state index contributed by atoms with van der Waals surface area (Å²) < 4.78 is 12.2. The molecule has 0 aromatic carbocycles. The summed E-state index contributed by atoms with van der Waals surface area (Å²) in [5, 5.41) is 11.3. The van der Waals surface area contributed by atoms with Crippen LogP contribution in [0.15, 0.2) is 47.6 Å². The first-order chi connectivity index (χ1) is 16.1. The summed E-state index contributed by atoms with van der Waals surface area (Å²) in [5.74, 6) is 0.804. The third kappa shape index (κ3) is 4.85. The van der Waals surface area contributed by atoms with E-state index in [1.165, 1.54) is 0 Å². The molecule has 0 radical (unpaired) electrons. The van der Waals surface area contributed by atoms with Crippen molar-refractivity contribution in [3.05, 3.63) is 43.1 Å². The molecule has 0 atom stereocenters. The molecule has 0 aliphatic carbocycles. The lowest BCUT2D eigenvalue weighted by atomic mass is 10.1. The Labute approximate surface area is 188 Å². The molecule has 12 heteroatoms. The summed E-state index contributed by atoms with van der Waals surface area (Å²) >= 11 is 0. The molecule has 1 amide bonds. The molecule has 168 valence electrons. The van der Waals surface area contributed by atoms with Gasteiger partial charge in [0.1, 0.15) is 6.54 Å². The SMILES string of the molecule is Nc1ncc(-c2ccc(-c3noc(-c4cnn(CC(=O)NC5CCOCC5)c4)n3)cn2)cn1. The number of nitrogen functional groups attached to an aromatic ring is 1. The number of amides is 1. The predicted molar refractivity (Wildman–Crippen MR) is 116 cm³/mol. The van der Waals surface area contributed by atoms with Gasteiger partial charge in [0.2, 0.25) is 17.7 Å². The fourth-order valence-electron chi connectivity index (χ4n) is 3.45. The van der Waals surface area contributed by atoms with Gasteiger partial charge in [0, 0.05) is 55.2 Å². The van der Waals surface area contributed by atoms with Crippen LogP contribution < -0.4 is 11.1 Å². The van der Waals surface area contributed by atoms with Crippen molar-refractivity contribution in [1.29, 1.82) is 0 Å². The van der Waals surface area contributed by atoms with E-state index in [1.54, 1.807) is 35.7 Å². The Bertz CT molecular complexity index is 1230. The zero-order chi connectivity index (χ0) is 22.6. The average molecular weight is 447 g/mol. The largest absolute Gasteiger partial charge is 0.381 e. The molecule has 0 spiro atoms. The number of hydrogen-bond donors (Lipinski definition) is 2. The van der Waals surface area contributed by atoms with E-state index in [9.17, 15) is 4.79 Å². The molecule has 33 heavy (non-hydrogen) atoms. The van der Waals surface area contributed by atoms with Gasteiger partial charge < -0.3 is 20.3 Å². The number of ether oxygens (including phenoxy) is 1. The van der Waals surface area contributed by atoms with E-state index in [2.05, 4.69) is 35.5 Å². The van der Waals surface area contributed by atoms with Crippen LogP contribution in [0, 0.1) is 0 Å². The molecule has 1 saturated heterocycles. The molecule has 0 saturated carbocycles. The molecule has 1 fully saturated rings. The topological polar surface area (TPSA) is 160 Å². The van der Waals surface area contributed by atoms with Crippen molar-refractivity contribution in [1.82, 2.24) is 40.2 Å². The van der Waals surface area contributed by atoms with E-state index >= 15 is 0 Å². The van der Waals surface area contributed by atoms with Gasteiger partial charge in [0.15, 0.2) is 0 Å². The number of carbonyl (C=O) groups excluding carboxylic acids is 1. The number of aromatic nitrogens is 7. The molecule has 0 unspecified atom stereocenters. The van der Waals surface area contributed by atoms with Crippen molar-refractivity contribution in [3.8, 4) is 34.1 Å². The van der Waals surface area contributed by atoms with Crippen LogP contribution in [0.25, 0.3) is 34.1 Å². The molecule has 12 nitrogen and oxygen atoms in total. The van der Waals surface area contributed by atoms with Crippen molar-refractivity contribution < 1.29 is 14.1 Å². The lowest BCUT2D eigenvalue weighted by molar-refractivity contribution is -0.123. The maximum Gasteiger partial charge on any atom is 0.261 e. The van der Waals surface area contributed by atoms with Crippen LogP contribution in [-0.4, -0.2) is 60.0 Å². The van der Waals surface area contributed by atoms with E-state index in [0.29, 0.717) is 41.7 Å². The Balaban J connectivity index is 1.24. The maximum atomic E-state index is 12.3. The highest BCUT2D eigenvalue weighted by atomic mass is 16.5. The summed E-state index contributed by atoms with van der Waals surface area (Å²) in [5.41, 5.74) is 8.27. The van der Waals surface area contributed by atoms with Crippen LogP contribution >= 0.6 is 0 Å². The van der Waals surface area contributed by atoms with Crippen molar-refractivity contribution >= 4 is 11.9 Å². The fourth-order valence-corrected chi connectivity index (χ4v) is 3.45. The molecule has 3 N–H and O–H groups in total. The van der Waals surface area contributed by atoms with Crippen LogP contribution in [0.1, 0.15) is 12.8 Å². The average Bonchev–Trinajstić information content (AvgIpc) is 3.50. The first-order valence-electron chi connectivity index (χ1n) is 10.4. The maximum absolute atomic E-state index is 12.3. The fraction of sp³-hybridized carbons (Fsp3) is 0.286. The van der Waals surface area contributed by atoms with Gasteiger partial charge in [-0.3, -0.25) is 14.5 Å². The molecule has 1 aliphatic rings. The van der Waals surface area contributed by atoms with E-state index in [-0.39, 0.29) is 24.4 Å². The Morgan fingerprint density at radius 3 is 2.61 bits per heavy atom. The highest BCUT2D eigenvalue weighted by molar-refractivity contribution is 5.76. The van der Waals surface area contributed by atoms with Crippen molar-refractivity contribution in [3.63, 3.8) is 0 Å². The number of hydrogen-bond acceptors (Lipinski definition) is 10. The van der Waals surface area contributed by atoms with Gasteiger partial charge in [-0.2, -0.15) is 10.1 Å². The number of anilines is 1. The quantitative estimate of drug-likeness (QED) is 0.441. The summed E-state index contributed by atoms with van der Waals surface area (Å²) in [7, 11) is 0. The van der Waals surface area contributed by atoms with Gasteiger partial charge >= 0.3 is 0 Å². The molecule has 5 rings (SSSR count). The standard InChI is InChI=1S/C21H21N9O3/c22-21-24-8-14(9-25-21)17-2-1-13(7-23-17)19-28-20(33-29-19)15-10-26-30(11-15)12-18(31)27-16-3-5-32-6-4-16/h1-2,7-11,16H,3-6,12H2,(H,27,31)(H2,22,24,25). The number of pyridine rings is 1. The lowest BCUT2D eigenvalue weighted by Gasteiger charge is -2.23. The normalized spacial score (nSPS) is 14.3. The molecule has 4 aromatic heterocycles. The van der Waals surface area contributed by atoms with Crippen molar-refractivity contribution in [2.75, 3.05) is 18.9 Å². The second kappa shape index (κ2) is 9.12. The summed E-state index contributed by atoms with van der Waals surface area (Å²) in [6.45, 7) is 1.45. The lowest BCUT2D eigenvalue weighted by Crippen LogP contribution is -2.40. The molecule has 4 aromatic rings. The summed E-state index contributed by atoms with van der Waals surface area (Å²) in [6.07, 6.45) is 9.79. The highest BCUT2D eigenvalue weighted by Crippen LogP contribution is 2.23. The first kappa shape index (κ1) is 20.7. The zero-order valence-electron chi connectivity index (χ0n) is 17.6. The van der Waals surface area contributed by atoms with Crippen molar-refractivity contribution in [2.45, 2.75) is 25.4 Å². The van der Waals surface area contributed by atoms with Gasteiger partial charge in [-0.1, -0.05) is 5.16 Å². The van der Waals surface area contributed by atoms with Gasteiger partial charge in [-0.25, -0.2) is 9.97 Å². The van der Waals surface area contributed by atoms with Crippen LogP contribution in [-0.2, 0) is 16.1 Å². The van der Waals surface area contributed by atoms with Crippen LogP contribution in [0.5, 0.6) is 0 Å². The minimum atomic E-state index is -0.0968. The minimum absolute atomic E-state index is 0.0968. The monoisotopic (exact) mass is 447 g/mol. The predicted octanol–water partition coefficient (Wildman–Crippen LogP) is 1.33. The summed E-state index contributed by atoms with van der Waals surface area (Å²) in [6, 6.07) is 3.79. The second-order valence-corrected chi connectivity index (χ2v) is 7.57. The van der Waals surface area contributed by atoms with E-state index in [0.717, 1.165) is 18.4 Å². The van der Waals surface area contributed by atoms with Crippen LogP contribution in [0.2, 0.25) is 0 Å². The third-order valence-corrected chi connectivity index (χ3v) is 5.19. The Morgan fingerprint density at radius 2 is 1.85 bits per heavy atom. The smallest absolute Gasteiger partial charge is 0.261 e. The Hall–Kier alpha value is -4.19. The van der Waals surface area contributed by atoms with Gasteiger partial charge in [0.05, 0.1) is 17.5 Å². The van der Waals surface area contributed by atoms with Crippen LogP contribution in [0.3, 0.4) is 0 Å². The number of carbonyl (C=O) groups is 1. The van der Waals surface area contributed by atoms with Gasteiger partial charge in [-0.05, 0) is 25.0 Å². The highest BCUT2D eigenvalue weighted by Gasteiger charge is 2.18. The van der Waals surface area contributed by atoms with E-state index in [1.807, 2.05) is 12.1 Å². The Kier molecular flexibility index (Phi) is 5.72. The van der Waals surface area contributed by atoms with Gasteiger partial charge in [-0.15, -0.1) is 0 Å². The second-order valence-electron chi connectivity index (χ2n) is 7.57. The Morgan fingerprint density at radius 1 is 1.06 bits per heavy atom. The molecule has 0 bridgehead atoms. The zero-order valence-corrected chi connectivity index (χ0v) is 17.6. The number of nitrogens with zero attached hydrogens (tertiary/aromatic N) is 7. The van der Waals surface area contributed by atoms with E-state index < -0.39 is 0 Å². The summed E-state index contributed by atoms with van der Waals surface area (Å²) in [4.78, 5) is 29.1. The number of nitrogens with two attached hydrogens (primary N) is 1. The van der Waals surface area contributed by atoms with Crippen LogP contribution in [0.4, 0.5) is 5.95 Å². The molecular weight excluding hydrogens is 426 g/mol.